The largest absolute Gasteiger partial charge is 0.330 e. The smallest absolute Gasteiger partial charge is 0.254 e. The Labute approximate surface area is 214 Å². The predicted molar refractivity (Wildman–Crippen MR) is 147 cm³/mol. The van der Waals surface area contributed by atoms with Gasteiger partial charge >= 0.3 is 0 Å². The van der Waals surface area contributed by atoms with Crippen LogP contribution in [0.15, 0.2) is 91.1 Å². The van der Waals surface area contributed by atoms with Gasteiger partial charge in [0, 0.05) is 30.4 Å². The van der Waals surface area contributed by atoms with E-state index in [1.54, 1.807) is 0 Å². The highest BCUT2D eigenvalue weighted by Gasteiger charge is 2.32. The molecule has 0 saturated heterocycles. The van der Waals surface area contributed by atoms with Gasteiger partial charge in [-0.15, -0.1) is 0 Å². The third kappa shape index (κ3) is 5.92. The van der Waals surface area contributed by atoms with Crippen LogP contribution in [0.1, 0.15) is 53.6 Å². The van der Waals surface area contributed by atoms with Crippen molar-refractivity contribution in [3.8, 4) is 11.3 Å². The molecule has 4 aromatic rings. The number of aryl methyl sites for hydroxylation is 1. The van der Waals surface area contributed by atoms with Crippen LogP contribution in [0.5, 0.6) is 0 Å². The summed E-state index contributed by atoms with van der Waals surface area (Å²) in [7, 11) is 0. The monoisotopic (exact) mass is 480 g/mol. The lowest BCUT2D eigenvalue weighted by Crippen LogP contribution is -2.40. The highest BCUT2D eigenvalue weighted by Crippen LogP contribution is 2.32. The first-order valence-electron chi connectivity index (χ1n) is 12.7. The highest BCUT2D eigenvalue weighted by molar-refractivity contribution is 5.94. The van der Waals surface area contributed by atoms with E-state index < -0.39 is 0 Å². The van der Waals surface area contributed by atoms with E-state index in [0.29, 0.717) is 25.2 Å². The zero-order chi connectivity index (χ0) is 25.5. The lowest BCUT2D eigenvalue weighted by molar-refractivity contribution is 0.0604. The van der Waals surface area contributed by atoms with Crippen molar-refractivity contribution in [2.45, 2.75) is 39.8 Å². The van der Waals surface area contributed by atoms with Crippen molar-refractivity contribution in [2.75, 3.05) is 13.1 Å². The second kappa shape index (κ2) is 11.8. The zero-order valence-corrected chi connectivity index (χ0v) is 21.5. The van der Waals surface area contributed by atoms with E-state index >= 15 is 0 Å². The molecule has 186 valence electrons. The van der Waals surface area contributed by atoms with Crippen molar-refractivity contribution >= 4 is 5.91 Å². The van der Waals surface area contributed by atoms with Crippen LogP contribution < -0.4 is 5.73 Å². The number of amides is 1. The van der Waals surface area contributed by atoms with Crippen molar-refractivity contribution in [1.82, 2.24) is 14.5 Å². The maximum Gasteiger partial charge on any atom is 0.254 e. The van der Waals surface area contributed by atoms with E-state index in [2.05, 4.69) is 61.0 Å². The summed E-state index contributed by atoms with van der Waals surface area (Å²) in [6.07, 6.45) is 2.84. The number of nitrogens with zero attached hydrogens (tertiary/aromatic N) is 3. The van der Waals surface area contributed by atoms with Gasteiger partial charge in [-0.1, -0.05) is 92.2 Å². The van der Waals surface area contributed by atoms with Gasteiger partial charge in [-0.05, 0) is 43.5 Å². The van der Waals surface area contributed by atoms with Gasteiger partial charge in [-0.3, -0.25) is 4.79 Å². The quantitative estimate of drug-likeness (QED) is 0.298. The summed E-state index contributed by atoms with van der Waals surface area (Å²) in [6.45, 7) is 8.13. The van der Waals surface area contributed by atoms with Crippen LogP contribution in [0.4, 0.5) is 0 Å². The molecule has 4 rings (SSSR count). The fourth-order valence-corrected chi connectivity index (χ4v) is 4.61. The Balaban J connectivity index is 1.81. The van der Waals surface area contributed by atoms with Crippen molar-refractivity contribution < 1.29 is 4.79 Å². The molecule has 36 heavy (non-hydrogen) atoms. The molecule has 0 saturated carbocycles. The zero-order valence-electron chi connectivity index (χ0n) is 21.5. The number of nitrogens with two attached hydrogens (primary N) is 1. The molecule has 1 amide bonds. The first kappa shape index (κ1) is 25.4. The number of hydrogen-bond acceptors (Lipinski definition) is 3. The molecule has 5 heteroatoms. The van der Waals surface area contributed by atoms with E-state index in [-0.39, 0.29) is 17.9 Å². The summed E-state index contributed by atoms with van der Waals surface area (Å²) < 4.78 is 2.21. The molecular weight excluding hydrogens is 444 g/mol. The molecule has 1 unspecified atom stereocenters. The van der Waals surface area contributed by atoms with E-state index in [4.69, 9.17) is 10.7 Å². The maximum absolute atomic E-state index is 13.9. The Morgan fingerprint density at radius 1 is 0.944 bits per heavy atom. The first-order valence-corrected chi connectivity index (χ1v) is 12.7. The standard InChI is InChI=1S/C31H36N4O/c1-23(2)29(35(20-10-19-32)31(36)27-17-15-24(3)16-18-27)30-33-28(26-13-8-5-9-14-26)22-34(30)21-25-11-6-4-7-12-25/h4-9,11-18,22-23,29H,10,19-21,32H2,1-3H3. The van der Waals surface area contributed by atoms with Gasteiger partial charge in [-0.2, -0.15) is 0 Å². The lowest BCUT2D eigenvalue weighted by Gasteiger charge is -2.34. The first-order chi connectivity index (χ1) is 17.5. The van der Waals surface area contributed by atoms with Crippen LogP contribution in [0.2, 0.25) is 0 Å². The summed E-state index contributed by atoms with van der Waals surface area (Å²) in [5.74, 6) is 1.06. The van der Waals surface area contributed by atoms with Gasteiger partial charge < -0.3 is 15.2 Å². The molecule has 0 spiro atoms. The van der Waals surface area contributed by atoms with Crippen LogP contribution in [-0.4, -0.2) is 33.4 Å². The summed E-state index contributed by atoms with van der Waals surface area (Å²) in [5.41, 5.74) is 10.9. The second-order valence-corrected chi connectivity index (χ2v) is 9.66. The Morgan fingerprint density at radius 2 is 1.58 bits per heavy atom. The minimum absolute atomic E-state index is 0.0117. The molecule has 0 fully saturated rings. The number of imidazole rings is 1. The molecule has 0 bridgehead atoms. The van der Waals surface area contributed by atoms with E-state index in [0.717, 1.165) is 29.1 Å². The number of aromatic nitrogens is 2. The normalized spacial score (nSPS) is 12.0. The van der Waals surface area contributed by atoms with Crippen molar-refractivity contribution in [1.29, 1.82) is 0 Å². The number of carbonyl (C=O) groups is 1. The van der Waals surface area contributed by atoms with Gasteiger partial charge in [0.25, 0.3) is 5.91 Å². The van der Waals surface area contributed by atoms with Gasteiger partial charge in [0.15, 0.2) is 0 Å². The Morgan fingerprint density at radius 3 is 2.19 bits per heavy atom. The molecule has 1 atom stereocenters. The molecule has 2 N–H and O–H groups in total. The third-order valence-electron chi connectivity index (χ3n) is 6.47. The molecule has 1 heterocycles. The Hall–Kier alpha value is -3.70. The molecule has 0 radical (unpaired) electrons. The Bertz CT molecular complexity index is 1250. The number of hydrogen-bond donors (Lipinski definition) is 1. The second-order valence-electron chi connectivity index (χ2n) is 9.66. The Kier molecular flexibility index (Phi) is 8.34. The van der Waals surface area contributed by atoms with Gasteiger partial charge in [0.2, 0.25) is 0 Å². The van der Waals surface area contributed by atoms with Crippen LogP contribution in [-0.2, 0) is 6.54 Å². The van der Waals surface area contributed by atoms with Crippen LogP contribution in [0.3, 0.4) is 0 Å². The van der Waals surface area contributed by atoms with Crippen molar-refractivity contribution in [3.63, 3.8) is 0 Å². The van der Waals surface area contributed by atoms with Crippen LogP contribution in [0.25, 0.3) is 11.3 Å². The van der Waals surface area contributed by atoms with Gasteiger partial charge in [-0.25, -0.2) is 4.98 Å². The molecule has 1 aromatic heterocycles. The average Bonchev–Trinajstić information content (AvgIpc) is 3.30. The van der Waals surface area contributed by atoms with Gasteiger partial charge in [0.05, 0.1) is 11.7 Å². The summed E-state index contributed by atoms with van der Waals surface area (Å²) >= 11 is 0. The van der Waals surface area contributed by atoms with Crippen LogP contribution in [0, 0.1) is 12.8 Å². The van der Waals surface area contributed by atoms with E-state index in [1.807, 2.05) is 60.4 Å². The summed E-state index contributed by atoms with van der Waals surface area (Å²) in [4.78, 5) is 21.0. The lowest BCUT2D eigenvalue weighted by atomic mass is 9.99. The maximum atomic E-state index is 13.9. The predicted octanol–water partition coefficient (Wildman–Crippen LogP) is 6.10. The minimum atomic E-state index is -0.202. The summed E-state index contributed by atoms with van der Waals surface area (Å²) in [6, 6.07) is 28.2. The van der Waals surface area contributed by atoms with E-state index in [9.17, 15) is 4.79 Å². The topological polar surface area (TPSA) is 64.2 Å². The minimum Gasteiger partial charge on any atom is -0.330 e. The molecule has 3 aromatic carbocycles. The van der Waals surface area contributed by atoms with E-state index in [1.165, 1.54) is 5.56 Å². The molecular formula is C31H36N4O. The fraction of sp³-hybridized carbons (Fsp3) is 0.290. The average molecular weight is 481 g/mol. The number of rotatable bonds is 10. The molecule has 5 nitrogen and oxygen atoms in total. The van der Waals surface area contributed by atoms with Crippen molar-refractivity contribution in [2.24, 2.45) is 11.7 Å². The van der Waals surface area contributed by atoms with Crippen molar-refractivity contribution in [3.05, 3.63) is 114 Å². The van der Waals surface area contributed by atoms with Crippen LogP contribution >= 0.6 is 0 Å². The summed E-state index contributed by atoms with van der Waals surface area (Å²) in [5, 5.41) is 0. The molecule has 0 aliphatic rings. The highest BCUT2D eigenvalue weighted by atomic mass is 16.2. The fourth-order valence-electron chi connectivity index (χ4n) is 4.61. The molecule has 0 aliphatic heterocycles. The number of carbonyl (C=O) groups excluding carboxylic acids is 1. The number of benzene rings is 3. The SMILES string of the molecule is Cc1ccc(C(=O)N(CCCN)C(c2nc(-c3ccccc3)cn2Cc2ccccc2)C(C)C)cc1. The third-order valence-corrected chi connectivity index (χ3v) is 6.47. The molecule has 0 aliphatic carbocycles. The van der Waals surface area contributed by atoms with Gasteiger partial charge in [0.1, 0.15) is 5.82 Å².